The van der Waals surface area contributed by atoms with Gasteiger partial charge in [0.05, 0.1) is 12.8 Å². The van der Waals surface area contributed by atoms with Gasteiger partial charge in [-0.15, -0.1) is 0 Å². The van der Waals surface area contributed by atoms with E-state index in [2.05, 4.69) is 12.1 Å². The van der Waals surface area contributed by atoms with Crippen LogP contribution in [-0.2, 0) is 7.05 Å². The summed E-state index contributed by atoms with van der Waals surface area (Å²) < 4.78 is 7.20. The highest BCUT2D eigenvalue weighted by molar-refractivity contribution is 5.92. The monoisotopic (exact) mass is 368 g/mol. The van der Waals surface area contributed by atoms with Crippen molar-refractivity contribution in [2.75, 3.05) is 7.11 Å². The minimum Gasteiger partial charge on any atom is -0.497 e. The Morgan fingerprint density at radius 2 is 1.46 bits per heavy atom. The fourth-order valence-corrected chi connectivity index (χ4v) is 3.40. The van der Waals surface area contributed by atoms with Gasteiger partial charge in [0.2, 0.25) is 0 Å². The molecule has 0 aliphatic rings. The summed E-state index contributed by atoms with van der Waals surface area (Å²) in [5, 5.41) is 4.84. The van der Waals surface area contributed by atoms with E-state index in [-0.39, 0.29) is 0 Å². The van der Waals surface area contributed by atoms with E-state index in [1.54, 1.807) is 7.11 Å². The van der Waals surface area contributed by atoms with Crippen LogP contribution in [0.25, 0.3) is 33.6 Å². The third-order valence-corrected chi connectivity index (χ3v) is 4.79. The molecule has 4 rings (SSSR count). The maximum absolute atomic E-state index is 11.1. The first-order valence-electron chi connectivity index (χ1n) is 9.03. The van der Waals surface area contributed by atoms with Crippen LogP contribution in [-0.4, -0.2) is 23.2 Å². The van der Waals surface area contributed by atoms with Crippen molar-refractivity contribution in [3.8, 4) is 39.4 Å². The number of carbonyl (C=O) groups excluding carboxylic acids is 1. The molecular weight excluding hydrogens is 348 g/mol. The lowest BCUT2D eigenvalue weighted by Gasteiger charge is -2.09. The molecular formula is C24H20N2O2. The normalized spacial score (nSPS) is 10.6. The number of benzene rings is 3. The third-order valence-electron chi connectivity index (χ3n) is 4.79. The summed E-state index contributed by atoms with van der Waals surface area (Å²) >= 11 is 0. The van der Waals surface area contributed by atoms with Crippen LogP contribution in [0.5, 0.6) is 5.75 Å². The molecule has 0 atom stereocenters. The fourth-order valence-electron chi connectivity index (χ4n) is 3.40. The van der Waals surface area contributed by atoms with Crippen LogP contribution in [0.15, 0.2) is 78.9 Å². The van der Waals surface area contributed by atoms with Crippen LogP contribution >= 0.6 is 0 Å². The van der Waals surface area contributed by atoms with E-state index in [0.29, 0.717) is 5.56 Å². The minimum absolute atomic E-state index is 0.653. The van der Waals surface area contributed by atoms with E-state index in [4.69, 9.17) is 9.84 Å². The van der Waals surface area contributed by atoms with Crippen LogP contribution in [0.1, 0.15) is 10.4 Å². The quantitative estimate of drug-likeness (QED) is 0.452. The van der Waals surface area contributed by atoms with Crippen LogP contribution in [0.4, 0.5) is 0 Å². The second-order valence-electron chi connectivity index (χ2n) is 6.53. The first kappa shape index (κ1) is 17.7. The third kappa shape index (κ3) is 3.21. The van der Waals surface area contributed by atoms with Crippen LogP contribution < -0.4 is 4.74 Å². The minimum atomic E-state index is 0.653. The number of hydrogen-bond acceptors (Lipinski definition) is 3. The molecule has 0 aliphatic carbocycles. The lowest BCUT2D eigenvalue weighted by atomic mass is 9.95. The maximum Gasteiger partial charge on any atom is 0.150 e. The van der Waals surface area contributed by atoms with Gasteiger partial charge in [0.15, 0.2) is 0 Å². The Kier molecular flexibility index (Phi) is 4.77. The number of carbonyl (C=O) groups is 1. The van der Waals surface area contributed by atoms with E-state index >= 15 is 0 Å². The zero-order chi connectivity index (χ0) is 19.5. The number of ether oxygens (including phenoxy) is 1. The van der Waals surface area contributed by atoms with Gasteiger partial charge in [-0.05, 0) is 29.8 Å². The molecule has 138 valence electrons. The summed E-state index contributed by atoms with van der Waals surface area (Å²) in [6, 6.07) is 25.7. The summed E-state index contributed by atoms with van der Waals surface area (Å²) in [6.45, 7) is 0. The molecule has 3 aromatic carbocycles. The number of aldehydes is 1. The molecule has 0 bridgehead atoms. The number of aromatic nitrogens is 2. The molecule has 4 nitrogen and oxygen atoms in total. The fraction of sp³-hybridized carbons (Fsp3) is 0.0833. The van der Waals surface area contributed by atoms with Crippen molar-refractivity contribution >= 4 is 6.29 Å². The predicted molar refractivity (Wildman–Crippen MR) is 111 cm³/mol. The summed E-state index contributed by atoms with van der Waals surface area (Å²) in [5.41, 5.74) is 6.73. The standard InChI is InChI=1S/C24H20N2O2/c1-26-24(20-6-4-3-5-7-20)22(18-10-8-17(16-27)9-11-18)23(25-26)19-12-14-21(28-2)15-13-19/h3-16H,1-2H3. The van der Waals surface area contributed by atoms with Gasteiger partial charge < -0.3 is 4.74 Å². The second-order valence-corrected chi connectivity index (χ2v) is 6.53. The number of methoxy groups -OCH3 is 1. The zero-order valence-electron chi connectivity index (χ0n) is 15.8. The van der Waals surface area contributed by atoms with Gasteiger partial charge in [-0.25, -0.2) is 0 Å². The molecule has 4 heteroatoms. The molecule has 0 spiro atoms. The smallest absolute Gasteiger partial charge is 0.150 e. The summed E-state index contributed by atoms with van der Waals surface area (Å²) in [7, 11) is 3.61. The van der Waals surface area contributed by atoms with Gasteiger partial charge in [0.1, 0.15) is 17.7 Å². The topological polar surface area (TPSA) is 44.1 Å². The average Bonchev–Trinajstić information content (AvgIpc) is 3.11. The molecule has 28 heavy (non-hydrogen) atoms. The molecule has 0 amide bonds. The number of aryl methyl sites for hydroxylation is 1. The van der Waals surface area contributed by atoms with E-state index in [1.807, 2.05) is 78.5 Å². The maximum atomic E-state index is 11.1. The van der Waals surface area contributed by atoms with Gasteiger partial charge in [0, 0.05) is 29.3 Å². The van der Waals surface area contributed by atoms with E-state index in [0.717, 1.165) is 45.7 Å². The zero-order valence-corrected chi connectivity index (χ0v) is 15.8. The molecule has 1 heterocycles. The molecule has 0 N–H and O–H groups in total. The first-order chi connectivity index (χ1) is 13.7. The molecule has 4 aromatic rings. The molecule has 0 saturated carbocycles. The SMILES string of the molecule is COc1ccc(-c2nn(C)c(-c3ccccc3)c2-c2ccc(C=O)cc2)cc1. The van der Waals surface area contributed by atoms with Crippen molar-refractivity contribution in [2.24, 2.45) is 7.05 Å². The van der Waals surface area contributed by atoms with Gasteiger partial charge in [-0.1, -0.05) is 54.6 Å². The highest BCUT2D eigenvalue weighted by atomic mass is 16.5. The van der Waals surface area contributed by atoms with Crippen LogP contribution in [0.3, 0.4) is 0 Å². The van der Waals surface area contributed by atoms with E-state index < -0.39 is 0 Å². The van der Waals surface area contributed by atoms with E-state index in [9.17, 15) is 4.79 Å². The van der Waals surface area contributed by atoms with E-state index in [1.165, 1.54) is 0 Å². The molecule has 1 aromatic heterocycles. The number of hydrogen-bond donors (Lipinski definition) is 0. The van der Waals surface area contributed by atoms with Crippen molar-refractivity contribution in [2.45, 2.75) is 0 Å². The molecule has 0 saturated heterocycles. The Balaban J connectivity index is 1.96. The molecule has 0 fully saturated rings. The summed E-state index contributed by atoms with van der Waals surface area (Å²) in [4.78, 5) is 11.1. The predicted octanol–water partition coefficient (Wildman–Crippen LogP) is 5.24. The van der Waals surface area contributed by atoms with Gasteiger partial charge >= 0.3 is 0 Å². The molecule has 0 unspecified atom stereocenters. The number of nitrogens with zero attached hydrogens (tertiary/aromatic N) is 2. The summed E-state index contributed by atoms with van der Waals surface area (Å²) in [5.74, 6) is 0.805. The highest BCUT2D eigenvalue weighted by Crippen LogP contribution is 2.39. The van der Waals surface area contributed by atoms with Crippen molar-refractivity contribution in [1.29, 1.82) is 0 Å². The highest BCUT2D eigenvalue weighted by Gasteiger charge is 2.20. The Morgan fingerprint density at radius 3 is 2.07 bits per heavy atom. The van der Waals surface area contributed by atoms with Crippen molar-refractivity contribution in [1.82, 2.24) is 9.78 Å². The van der Waals surface area contributed by atoms with Crippen molar-refractivity contribution in [3.05, 3.63) is 84.4 Å². The Labute approximate surface area is 164 Å². The summed E-state index contributed by atoms with van der Waals surface area (Å²) in [6.07, 6.45) is 0.857. The van der Waals surface area contributed by atoms with Crippen molar-refractivity contribution in [3.63, 3.8) is 0 Å². The Morgan fingerprint density at radius 1 is 0.821 bits per heavy atom. The van der Waals surface area contributed by atoms with Crippen molar-refractivity contribution < 1.29 is 9.53 Å². The lowest BCUT2D eigenvalue weighted by molar-refractivity contribution is 0.112. The molecule has 0 radical (unpaired) electrons. The van der Waals surface area contributed by atoms with Crippen LogP contribution in [0.2, 0.25) is 0 Å². The average molecular weight is 368 g/mol. The van der Waals surface area contributed by atoms with Gasteiger partial charge in [0.25, 0.3) is 0 Å². The van der Waals surface area contributed by atoms with Gasteiger partial charge in [-0.3, -0.25) is 9.48 Å². The van der Waals surface area contributed by atoms with Crippen LogP contribution in [0, 0.1) is 0 Å². The molecule has 0 aliphatic heterocycles. The van der Waals surface area contributed by atoms with Gasteiger partial charge in [-0.2, -0.15) is 5.10 Å². The Hall–Kier alpha value is -3.66. The lowest BCUT2D eigenvalue weighted by Crippen LogP contribution is -1.94. The largest absolute Gasteiger partial charge is 0.497 e. The second kappa shape index (κ2) is 7.53. The Bertz CT molecular complexity index is 1100. The first-order valence-corrected chi connectivity index (χ1v) is 9.03. The number of rotatable bonds is 5.